The predicted octanol–water partition coefficient (Wildman–Crippen LogP) is 7.59. The molecule has 0 aliphatic heterocycles. The molecule has 258 valence electrons. The van der Waals surface area contributed by atoms with Crippen LogP contribution in [0.2, 0.25) is 10.0 Å². The van der Waals surface area contributed by atoms with Crippen molar-refractivity contribution in [2.24, 2.45) is 0 Å². The van der Waals surface area contributed by atoms with E-state index in [4.69, 9.17) is 27.9 Å². The number of aryl methyl sites for hydroxylation is 1. The van der Waals surface area contributed by atoms with E-state index in [2.05, 4.69) is 5.32 Å². The number of sulfonamides is 1. The monoisotopic (exact) mass is 721 g/mol. The molecule has 0 spiro atoms. The van der Waals surface area contributed by atoms with Crippen LogP contribution in [-0.2, 0) is 32.6 Å². The Labute approximate surface area is 299 Å². The summed E-state index contributed by atoms with van der Waals surface area (Å²) in [6.45, 7) is 3.46. The maximum Gasteiger partial charge on any atom is 0.264 e. The first-order chi connectivity index (χ1) is 23.6. The number of anilines is 1. The lowest BCUT2D eigenvalue weighted by atomic mass is 10.0. The zero-order valence-corrected chi connectivity index (χ0v) is 30.0. The minimum absolute atomic E-state index is 0.00565. The molecular weight excluding hydrogens is 681 g/mol. The Balaban J connectivity index is 1.59. The van der Waals surface area contributed by atoms with Crippen LogP contribution in [0.15, 0.2) is 102 Å². The lowest BCUT2D eigenvalue weighted by molar-refractivity contribution is -0.140. The fraction of sp³-hybridized carbons (Fsp3) is 0.316. The first-order valence-corrected chi connectivity index (χ1v) is 18.7. The molecule has 4 aromatic rings. The number of nitrogens with one attached hydrogen (secondary N) is 1. The summed E-state index contributed by atoms with van der Waals surface area (Å²) < 4.78 is 35.3. The first-order valence-electron chi connectivity index (χ1n) is 16.5. The summed E-state index contributed by atoms with van der Waals surface area (Å²) in [5.74, 6) is -0.351. The number of hydrogen-bond acceptors (Lipinski definition) is 5. The van der Waals surface area contributed by atoms with Gasteiger partial charge in [-0.3, -0.25) is 13.9 Å². The first kappa shape index (κ1) is 36.2. The van der Waals surface area contributed by atoms with Crippen molar-refractivity contribution in [1.82, 2.24) is 10.2 Å². The number of benzene rings is 4. The fourth-order valence-electron chi connectivity index (χ4n) is 6.02. The van der Waals surface area contributed by atoms with Gasteiger partial charge in [-0.1, -0.05) is 90.1 Å². The highest BCUT2D eigenvalue weighted by atomic mass is 35.5. The van der Waals surface area contributed by atoms with Gasteiger partial charge in [0.05, 0.1) is 17.2 Å². The van der Waals surface area contributed by atoms with Gasteiger partial charge < -0.3 is 15.0 Å². The second-order valence-corrected chi connectivity index (χ2v) is 14.8. The van der Waals surface area contributed by atoms with Crippen molar-refractivity contribution in [1.29, 1.82) is 0 Å². The summed E-state index contributed by atoms with van der Waals surface area (Å²) in [5.41, 5.74) is 2.46. The van der Waals surface area contributed by atoms with Crippen molar-refractivity contribution in [2.45, 2.75) is 69.5 Å². The Bertz CT molecular complexity index is 1810. The van der Waals surface area contributed by atoms with Gasteiger partial charge in [-0.15, -0.1) is 0 Å². The van der Waals surface area contributed by atoms with Crippen LogP contribution in [-0.4, -0.2) is 50.4 Å². The Kier molecular flexibility index (Phi) is 12.3. The largest absolute Gasteiger partial charge is 0.494 e. The van der Waals surface area contributed by atoms with Gasteiger partial charge in [-0.25, -0.2) is 8.42 Å². The molecule has 1 aliphatic rings. The summed E-state index contributed by atoms with van der Waals surface area (Å²) in [7, 11) is -4.24. The van der Waals surface area contributed by atoms with Crippen molar-refractivity contribution < 1.29 is 22.7 Å². The molecule has 4 aromatic carbocycles. The van der Waals surface area contributed by atoms with Gasteiger partial charge in [-0.05, 0) is 80.8 Å². The Morgan fingerprint density at radius 3 is 2.12 bits per heavy atom. The number of carbonyl (C=O) groups is 2. The number of nitrogens with zero attached hydrogens (tertiary/aromatic N) is 2. The van der Waals surface area contributed by atoms with Crippen molar-refractivity contribution in [3.8, 4) is 5.75 Å². The highest BCUT2D eigenvalue weighted by Gasteiger charge is 2.36. The third-order valence-electron chi connectivity index (χ3n) is 8.69. The average molecular weight is 723 g/mol. The van der Waals surface area contributed by atoms with E-state index in [1.807, 2.05) is 44.2 Å². The molecule has 8 nitrogen and oxygen atoms in total. The van der Waals surface area contributed by atoms with Gasteiger partial charge in [0.1, 0.15) is 18.3 Å². The van der Waals surface area contributed by atoms with Crippen LogP contribution in [0.4, 0.5) is 5.69 Å². The van der Waals surface area contributed by atoms with Crippen LogP contribution in [0.25, 0.3) is 0 Å². The third-order valence-corrected chi connectivity index (χ3v) is 11.2. The Morgan fingerprint density at radius 2 is 1.51 bits per heavy atom. The quantitative estimate of drug-likeness (QED) is 0.145. The standard InChI is InChI=1S/C38H41Cl2N3O5S/c1-3-48-31-20-18-30(19-21-31)43(49(46,47)32-22-16-27(2)17-23-32)26-37(44)42(25-33-34(39)14-9-15-35(33)40)36(24-28-10-5-4-6-11-28)38(45)41-29-12-7-8-13-29/h4-6,9-11,14-23,29,36H,3,7-8,12-13,24-26H2,1-2H3,(H,41,45). The molecule has 1 N–H and O–H groups in total. The smallest absolute Gasteiger partial charge is 0.264 e. The van der Waals surface area contributed by atoms with Crippen molar-refractivity contribution in [2.75, 3.05) is 17.5 Å². The summed E-state index contributed by atoms with van der Waals surface area (Å²) in [4.78, 5) is 30.4. The normalized spacial score (nSPS) is 13.9. The number of ether oxygens (including phenoxy) is 1. The number of amides is 2. The van der Waals surface area contributed by atoms with Crippen molar-refractivity contribution in [3.05, 3.63) is 124 Å². The number of halogens is 2. The van der Waals surface area contributed by atoms with Gasteiger partial charge in [0.15, 0.2) is 0 Å². The molecular formula is C38H41Cl2N3O5S. The van der Waals surface area contributed by atoms with Gasteiger partial charge in [0.25, 0.3) is 10.0 Å². The zero-order valence-electron chi connectivity index (χ0n) is 27.6. The molecule has 0 heterocycles. The zero-order chi connectivity index (χ0) is 35.0. The molecule has 1 atom stereocenters. The molecule has 11 heteroatoms. The van der Waals surface area contributed by atoms with Crippen LogP contribution >= 0.6 is 23.2 Å². The van der Waals surface area contributed by atoms with Crippen LogP contribution in [0.5, 0.6) is 5.75 Å². The van der Waals surface area contributed by atoms with Crippen LogP contribution < -0.4 is 14.4 Å². The van der Waals surface area contributed by atoms with E-state index in [1.165, 1.54) is 17.0 Å². The predicted molar refractivity (Wildman–Crippen MR) is 195 cm³/mol. The second-order valence-electron chi connectivity index (χ2n) is 12.2. The number of carbonyl (C=O) groups excluding carboxylic acids is 2. The SMILES string of the molecule is CCOc1ccc(N(CC(=O)N(Cc2c(Cl)cccc2Cl)C(Cc2ccccc2)C(=O)NC2CCCC2)S(=O)(=O)c2ccc(C)cc2)cc1. The van der Waals surface area contributed by atoms with Gasteiger partial charge in [-0.2, -0.15) is 0 Å². The number of rotatable bonds is 14. The van der Waals surface area contributed by atoms with E-state index in [9.17, 15) is 18.0 Å². The highest BCUT2D eigenvalue weighted by Crippen LogP contribution is 2.30. The second kappa shape index (κ2) is 16.6. The van der Waals surface area contributed by atoms with Crippen molar-refractivity contribution >= 4 is 50.7 Å². The molecule has 5 rings (SSSR count). The van der Waals surface area contributed by atoms with E-state index < -0.39 is 28.5 Å². The summed E-state index contributed by atoms with van der Waals surface area (Å²) in [6, 6.07) is 26.5. The topological polar surface area (TPSA) is 96.0 Å². The minimum Gasteiger partial charge on any atom is -0.494 e. The van der Waals surface area contributed by atoms with Crippen LogP contribution in [0, 0.1) is 6.92 Å². The van der Waals surface area contributed by atoms with Gasteiger partial charge >= 0.3 is 0 Å². The van der Waals surface area contributed by atoms with Crippen molar-refractivity contribution in [3.63, 3.8) is 0 Å². The Hall–Kier alpha value is -4.05. The van der Waals surface area contributed by atoms with Crippen LogP contribution in [0.1, 0.15) is 49.3 Å². The summed E-state index contributed by atoms with van der Waals surface area (Å²) in [5, 5.41) is 3.83. The third kappa shape index (κ3) is 9.15. The van der Waals surface area contributed by atoms with E-state index in [-0.39, 0.29) is 35.5 Å². The molecule has 1 saturated carbocycles. The van der Waals surface area contributed by atoms with E-state index in [1.54, 1.807) is 54.6 Å². The molecule has 0 bridgehead atoms. The lowest BCUT2D eigenvalue weighted by Crippen LogP contribution is -2.54. The fourth-order valence-corrected chi connectivity index (χ4v) is 7.95. The molecule has 1 unspecified atom stereocenters. The molecule has 2 amide bonds. The molecule has 0 aromatic heterocycles. The highest BCUT2D eigenvalue weighted by molar-refractivity contribution is 7.92. The molecule has 1 aliphatic carbocycles. The van der Waals surface area contributed by atoms with Gasteiger partial charge in [0, 0.05) is 34.6 Å². The minimum atomic E-state index is -4.24. The van der Waals surface area contributed by atoms with E-state index in [0.717, 1.165) is 41.1 Å². The Morgan fingerprint density at radius 1 is 0.878 bits per heavy atom. The lowest BCUT2D eigenvalue weighted by Gasteiger charge is -2.34. The molecule has 49 heavy (non-hydrogen) atoms. The van der Waals surface area contributed by atoms with E-state index in [0.29, 0.717) is 28.0 Å². The molecule has 1 fully saturated rings. The van der Waals surface area contributed by atoms with E-state index >= 15 is 0 Å². The maximum atomic E-state index is 14.8. The van der Waals surface area contributed by atoms with Gasteiger partial charge in [0.2, 0.25) is 11.8 Å². The molecule has 0 saturated heterocycles. The number of hydrogen-bond donors (Lipinski definition) is 1. The average Bonchev–Trinajstić information content (AvgIpc) is 3.60. The molecule has 0 radical (unpaired) electrons. The summed E-state index contributed by atoms with van der Waals surface area (Å²) in [6.07, 6.45) is 3.93. The van der Waals surface area contributed by atoms with Crippen LogP contribution in [0.3, 0.4) is 0 Å². The summed E-state index contributed by atoms with van der Waals surface area (Å²) >= 11 is 13.3. The maximum absolute atomic E-state index is 14.8.